The summed E-state index contributed by atoms with van der Waals surface area (Å²) in [4.78, 5) is 0. The van der Waals surface area contributed by atoms with Gasteiger partial charge >= 0.3 is 0 Å². The van der Waals surface area contributed by atoms with Gasteiger partial charge in [0, 0.05) is 6.61 Å². The summed E-state index contributed by atoms with van der Waals surface area (Å²) in [6.45, 7) is -0.593. The molecule has 0 aliphatic carbocycles. The lowest BCUT2D eigenvalue weighted by atomic mass is 9.99. The molecule has 1 unspecified atom stereocenters. The number of aliphatic hydroxyl groups excluding tert-OH is 6. The van der Waals surface area contributed by atoms with Crippen LogP contribution >= 0.6 is 0 Å². The summed E-state index contributed by atoms with van der Waals surface area (Å²) >= 11 is 0. The van der Waals surface area contributed by atoms with Gasteiger partial charge < -0.3 is 40.1 Å². The molecule has 6 atom stereocenters. The van der Waals surface area contributed by atoms with E-state index in [1.807, 2.05) is 0 Å². The molecule has 8 heteroatoms. The van der Waals surface area contributed by atoms with Gasteiger partial charge in [-0.3, -0.25) is 0 Å². The van der Waals surface area contributed by atoms with E-state index in [1.54, 1.807) is 6.08 Å². The first-order chi connectivity index (χ1) is 13.5. The van der Waals surface area contributed by atoms with E-state index in [1.165, 1.54) is 18.2 Å². The van der Waals surface area contributed by atoms with Gasteiger partial charge in [0.15, 0.2) is 6.29 Å². The smallest absolute Gasteiger partial charge is 0.187 e. The Labute approximate surface area is 164 Å². The maximum atomic E-state index is 10.1. The number of allylic oxidation sites excluding steroid dienone is 2. The Morgan fingerprint density at radius 1 is 0.929 bits per heavy atom. The molecular weight excluding hydrogens is 368 g/mol. The predicted octanol–water partition coefficient (Wildman–Crippen LogP) is -1.55. The van der Waals surface area contributed by atoms with Gasteiger partial charge in [-0.2, -0.15) is 0 Å². The van der Waals surface area contributed by atoms with Crippen LogP contribution in [0.25, 0.3) is 0 Å². The molecule has 8 nitrogen and oxygen atoms in total. The third-order valence-electron chi connectivity index (χ3n) is 3.96. The van der Waals surface area contributed by atoms with E-state index in [-0.39, 0.29) is 13.2 Å². The van der Waals surface area contributed by atoms with Gasteiger partial charge in [-0.1, -0.05) is 17.9 Å². The Morgan fingerprint density at radius 3 is 2.29 bits per heavy atom. The van der Waals surface area contributed by atoms with Crippen molar-refractivity contribution < 1.29 is 40.1 Å². The van der Waals surface area contributed by atoms with Crippen molar-refractivity contribution in [3.63, 3.8) is 0 Å². The van der Waals surface area contributed by atoms with Crippen LogP contribution in [-0.2, 0) is 9.47 Å². The summed E-state index contributed by atoms with van der Waals surface area (Å²) < 4.78 is 11.0. The van der Waals surface area contributed by atoms with Gasteiger partial charge in [0.1, 0.15) is 24.4 Å². The molecule has 1 aliphatic rings. The first-order valence-electron chi connectivity index (χ1n) is 9.05. The SMILES string of the molecule is OC/C=C/C#CC#C/C=C/C(CCCCO)O[C@@H]1O[C@H](CO)[C@@H](O)[C@H](O)[C@H]1O. The molecule has 156 valence electrons. The van der Waals surface area contributed by atoms with E-state index in [4.69, 9.17) is 19.7 Å². The molecule has 0 aromatic rings. The Hall–Kier alpha value is -1.72. The number of unbranched alkanes of at least 4 members (excludes halogenated alkanes) is 1. The van der Waals surface area contributed by atoms with Crippen LogP contribution < -0.4 is 0 Å². The molecule has 0 amide bonds. The van der Waals surface area contributed by atoms with Crippen molar-refractivity contribution in [2.75, 3.05) is 19.8 Å². The van der Waals surface area contributed by atoms with Gasteiger partial charge in [-0.05, 0) is 49.3 Å². The van der Waals surface area contributed by atoms with Crippen molar-refractivity contribution in [1.29, 1.82) is 0 Å². The van der Waals surface area contributed by atoms with Crippen LogP contribution in [0.3, 0.4) is 0 Å². The monoisotopic (exact) mass is 396 g/mol. The van der Waals surface area contributed by atoms with Crippen LogP contribution in [0.4, 0.5) is 0 Å². The Kier molecular flexibility index (Phi) is 12.4. The lowest BCUT2D eigenvalue weighted by Gasteiger charge is -2.40. The first-order valence-corrected chi connectivity index (χ1v) is 9.05. The quantitative estimate of drug-likeness (QED) is 0.203. The van der Waals surface area contributed by atoms with Gasteiger partial charge in [-0.15, -0.1) is 0 Å². The largest absolute Gasteiger partial charge is 0.396 e. The minimum absolute atomic E-state index is 0.0350. The number of hydrogen-bond acceptors (Lipinski definition) is 8. The number of hydrogen-bond donors (Lipinski definition) is 6. The Morgan fingerprint density at radius 2 is 1.64 bits per heavy atom. The summed E-state index contributed by atoms with van der Waals surface area (Å²) in [5.41, 5.74) is 0. The van der Waals surface area contributed by atoms with Gasteiger partial charge in [0.2, 0.25) is 0 Å². The molecule has 1 fully saturated rings. The lowest BCUT2D eigenvalue weighted by Crippen LogP contribution is -2.59. The highest BCUT2D eigenvalue weighted by molar-refractivity contribution is 5.34. The van der Waals surface area contributed by atoms with Crippen molar-refractivity contribution in [1.82, 2.24) is 0 Å². The minimum atomic E-state index is -1.51. The molecule has 1 aliphatic heterocycles. The average Bonchev–Trinajstić information content (AvgIpc) is 2.70. The van der Waals surface area contributed by atoms with Gasteiger partial charge in [0.05, 0.1) is 19.3 Å². The first kappa shape index (κ1) is 24.3. The van der Waals surface area contributed by atoms with Crippen molar-refractivity contribution in [3.8, 4) is 23.7 Å². The van der Waals surface area contributed by atoms with E-state index >= 15 is 0 Å². The molecule has 0 saturated carbocycles. The Balaban J connectivity index is 2.74. The summed E-state index contributed by atoms with van der Waals surface area (Å²) in [6.07, 6.45) is 0.558. The fraction of sp³-hybridized carbons (Fsp3) is 0.600. The third-order valence-corrected chi connectivity index (χ3v) is 3.96. The van der Waals surface area contributed by atoms with Crippen LogP contribution in [0.1, 0.15) is 19.3 Å². The van der Waals surface area contributed by atoms with Gasteiger partial charge in [-0.25, -0.2) is 0 Å². The molecule has 28 heavy (non-hydrogen) atoms. The molecule has 1 heterocycles. The summed E-state index contributed by atoms with van der Waals surface area (Å²) in [7, 11) is 0. The molecule has 1 saturated heterocycles. The second kappa shape index (κ2) is 14.3. The van der Waals surface area contributed by atoms with Crippen molar-refractivity contribution in [2.45, 2.75) is 56.1 Å². The third kappa shape index (κ3) is 8.53. The van der Waals surface area contributed by atoms with Crippen LogP contribution in [0.2, 0.25) is 0 Å². The summed E-state index contributed by atoms with van der Waals surface area (Å²) in [5, 5.41) is 56.5. The highest BCUT2D eigenvalue weighted by Crippen LogP contribution is 2.24. The molecule has 0 aromatic carbocycles. The predicted molar refractivity (Wildman–Crippen MR) is 100 cm³/mol. The lowest BCUT2D eigenvalue weighted by molar-refractivity contribution is -0.307. The number of rotatable bonds is 9. The van der Waals surface area contributed by atoms with Gasteiger partial charge in [0.25, 0.3) is 0 Å². The van der Waals surface area contributed by atoms with Crippen LogP contribution in [-0.4, -0.2) is 87.3 Å². The summed E-state index contributed by atoms with van der Waals surface area (Å²) in [5.74, 6) is 10.5. The minimum Gasteiger partial charge on any atom is -0.396 e. The zero-order chi connectivity index (χ0) is 20.8. The summed E-state index contributed by atoms with van der Waals surface area (Å²) in [6, 6.07) is 0. The second-order valence-corrected chi connectivity index (χ2v) is 6.07. The molecular formula is C20H28O8. The van der Waals surface area contributed by atoms with E-state index in [2.05, 4.69) is 23.7 Å². The highest BCUT2D eigenvalue weighted by Gasteiger charge is 2.44. The maximum absolute atomic E-state index is 10.1. The maximum Gasteiger partial charge on any atom is 0.187 e. The van der Waals surface area contributed by atoms with Crippen LogP contribution in [0.15, 0.2) is 24.3 Å². The second-order valence-electron chi connectivity index (χ2n) is 6.07. The molecule has 6 N–H and O–H groups in total. The van der Waals surface area contributed by atoms with E-state index < -0.39 is 43.4 Å². The van der Waals surface area contributed by atoms with E-state index in [0.29, 0.717) is 19.3 Å². The average molecular weight is 396 g/mol. The zero-order valence-electron chi connectivity index (χ0n) is 15.5. The standard InChI is InChI=1S/C20H28O8/c21-12-8-5-3-1-2-4-6-10-15(11-7-9-13-22)27-20-19(26)18(25)17(24)16(14-23)28-20/h5-6,8,10,15-26H,7,9,11-14H2/b8-5+,10-6+/t15?,16-,17-,18+,19-,20-/m1/s1. The normalized spacial score (nSPS) is 28.6. The topological polar surface area (TPSA) is 140 Å². The van der Waals surface area contributed by atoms with Crippen LogP contribution in [0, 0.1) is 23.7 Å². The van der Waals surface area contributed by atoms with E-state index in [0.717, 1.165) is 0 Å². The molecule has 0 radical (unpaired) electrons. The van der Waals surface area contributed by atoms with Crippen molar-refractivity contribution >= 4 is 0 Å². The molecule has 0 aromatic heterocycles. The van der Waals surface area contributed by atoms with Crippen molar-refractivity contribution in [3.05, 3.63) is 24.3 Å². The molecule has 0 bridgehead atoms. The molecule has 0 spiro atoms. The fourth-order valence-corrected chi connectivity index (χ4v) is 2.44. The fourth-order valence-electron chi connectivity index (χ4n) is 2.44. The van der Waals surface area contributed by atoms with Crippen LogP contribution in [0.5, 0.6) is 0 Å². The van der Waals surface area contributed by atoms with Crippen molar-refractivity contribution in [2.24, 2.45) is 0 Å². The molecule has 1 rings (SSSR count). The highest BCUT2D eigenvalue weighted by atomic mass is 16.7. The number of ether oxygens (including phenoxy) is 2. The number of aliphatic hydroxyl groups is 6. The zero-order valence-corrected chi connectivity index (χ0v) is 15.5. The Bertz CT molecular complexity index is 607. The van der Waals surface area contributed by atoms with E-state index in [9.17, 15) is 20.4 Å².